The number of nitriles is 1. The summed E-state index contributed by atoms with van der Waals surface area (Å²) >= 11 is 7.80. The van der Waals surface area contributed by atoms with Gasteiger partial charge in [0, 0.05) is 11.4 Å². The Kier molecular flexibility index (Phi) is 3.50. The van der Waals surface area contributed by atoms with Gasteiger partial charge in [-0.1, -0.05) is 24.4 Å². The van der Waals surface area contributed by atoms with Crippen molar-refractivity contribution in [3.8, 4) is 6.07 Å². The Morgan fingerprint density at radius 1 is 1.47 bits per heavy atom. The van der Waals surface area contributed by atoms with Crippen LogP contribution in [0.2, 0.25) is 5.02 Å². The second kappa shape index (κ2) is 4.87. The van der Waals surface area contributed by atoms with Crippen LogP contribution in [0.3, 0.4) is 0 Å². The Labute approximate surface area is 98.7 Å². The minimum absolute atomic E-state index is 0.524. The van der Waals surface area contributed by atoms with Gasteiger partial charge in [0.25, 0.3) is 0 Å². The molecule has 0 radical (unpaired) electrons. The second-order valence-electron chi connectivity index (χ2n) is 3.65. The Morgan fingerprint density at radius 3 is 2.80 bits per heavy atom. The number of hydrogen-bond donors (Lipinski definition) is 0. The molecule has 2 rings (SSSR count). The van der Waals surface area contributed by atoms with Gasteiger partial charge in [-0.15, -0.1) is 11.8 Å². The molecule has 1 fully saturated rings. The van der Waals surface area contributed by atoms with E-state index in [1.807, 2.05) is 6.07 Å². The molecule has 1 saturated carbocycles. The van der Waals surface area contributed by atoms with Crippen LogP contribution < -0.4 is 0 Å². The van der Waals surface area contributed by atoms with Crippen LogP contribution in [-0.4, -0.2) is 10.2 Å². The first kappa shape index (κ1) is 10.8. The molecule has 0 N–H and O–H groups in total. The fourth-order valence-corrected chi connectivity index (χ4v) is 3.21. The van der Waals surface area contributed by atoms with E-state index in [1.165, 1.54) is 25.7 Å². The van der Waals surface area contributed by atoms with Gasteiger partial charge in [-0.3, -0.25) is 0 Å². The minimum atomic E-state index is 0.524. The van der Waals surface area contributed by atoms with Crippen LogP contribution in [-0.2, 0) is 0 Å². The second-order valence-corrected chi connectivity index (χ2v) is 5.34. The Hall–Kier alpha value is -0.720. The van der Waals surface area contributed by atoms with Crippen LogP contribution in [0, 0.1) is 11.3 Å². The summed E-state index contributed by atoms with van der Waals surface area (Å²) in [7, 11) is 0. The van der Waals surface area contributed by atoms with E-state index in [1.54, 1.807) is 24.0 Å². The largest absolute Gasteiger partial charge is 0.247 e. The molecule has 1 aliphatic carbocycles. The lowest BCUT2D eigenvalue weighted by Gasteiger charge is -2.08. The number of nitrogens with zero attached hydrogens (tertiary/aromatic N) is 2. The molecular formula is C11H11ClN2S. The van der Waals surface area contributed by atoms with Crippen LogP contribution >= 0.6 is 23.4 Å². The van der Waals surface area contributed by atoms with E-state index < -0.39 is 0 Å². The molecule has 4 heteroatoms. The highest BCUT2D eigenvalue weighted by Gasteiger charge is 2.18. The fourth-order valence-electron chi connectivity index (χ4n) is 1.74. The summed E-state index contributed by atoms with van der Waals surface area (Å²) in [4.78, 5) is 4.22. The van der Waals surface area contributed by atoms with Gasteiger partial charge in [0.1, 0.15) is 11.1 Å². The highest BCUT2D eigenvalue weighted by atomic mass is 35.5. The van der Waals surface area contributed by atoms with Gasteiger partial charge < -0.3 is 0 Å². The lowest BCUT2D eigenvalue weighted by molar-refractivity contribution is 0.886. The van der Waals surface area contributed by atoms with Crippen LogP contribution in [0.25, 0.3) is 0 Å². The molecule has 78 valence electrons. The molecule has 0 atom stereocenters. The molecule has 0 spiro atoms. The number of rotatable bonds is 2. The third kappa shape index (κ3) is 2.64. The summed E-state index contributed by atoms with van der Waals surface area (Å²) < 4.78 is 0. The first-order valence-electron chi connectivity index (χ1n) is 5.02. The average Bonchev–Trinajstić information content (AvgIpc) is 2.74. The van der Waals surface area contributed by atoms with E-state index in [0.717, 1.165) is 5.03 Å². The van der Waals surface area contributed by atoms with Crippen LogP contribution in [0.1, 0.15) is 31.2 Å². The molecule has 1 aromatic rings. The quantitative estimate of drug-likeness (QED) is 0.789. The third-order valence-corrected chi connectivity index (χ3v) is 4.27. The monoisotopic (exact) mass is 238 g/mol. The molecule has 2 nitrogen and oxygen atoms in total. The SMILES string of the molecule is N#Cc1cnc(SC2CCCC2)c(Cl)c1. The molecule has 0 bridgehead atoms. The molecular weight excluding hydrogens is 228 g/mol. The highest BCUT2D eigenvalue weighted by Crippen LogP contribution is 2.36. The summed E-state index contributed by atoms with van der Waals surface area (Å²) in [5.74, 6) is 0. The first-order chi connectivity index (χ1) is 7.29. The molecule has 1 heterocycles. The minimum Gasteiger partial charge on any atom is -0.247 e. The Balaban J connectivity index is 2.11. The number of thioether (sulfide) groups is 1. The predicted molar refractivity (Wildman–Crippen MR) is 62.1 cm³/mol. The first-order valence-corrected chi connectivity index (χ1v) is 6.27. The maximum atomic E-state index is 8.68. The Bertz CT molecular complexity index is 394. The van der Waals surface area contributed by atoms with Crippen molar-refractivity contribution in [1.29, 1.82) is 5.26 Å². The van der Waals surface area contributed by atoms with E-state index in [0.29, 0.717) is 15.8 Å². The van der Waals surface area contributed by atoms with E-state index >= 15 is 0 Å². The van der Waals surface area contributed by atoms with Crippen molar-refractivity contribution in [3.05, 3.63) is 22.8 Å². The molecule has 0 aromatic carbocycles. The fraction of sp³-hybridized carbons (Fsp3) is 0.455. The van der Waals surface area contributed by atoms with Crippen molar-refractivity contribution in [2.24, 2.45) is 0 Å². The average molecular weight is 239 g/mol. The molecule has 1 aliphatic rings. The molecule has 15 heavy (non-hydrogen) atoms. The molecule has 1 aromatic heterocycles. The zero-order chi connectivity index (χ0) is 10.7. The topological polar surface area (TPSA) is 36.7 Å². The summed E-state index contributed by atoms with van der Waals surface area (Å²) in [6, 6.07) is 3.72. The number of halogens is 1. The summed E-state index contributed by atoms with van der Waals surface area (Å²) in [5, 5.41) is 10.8. The van der Waals surface area contributed by atoms with Crippen molar-refractivity contribution >= 4 is 23.4 Å². The standard InChI is InChI=1S/C11H11ClN2S/c12-10-5-8(6-13)7-14-11(10)15-9-3-1-2-4-9/h5,7,9H,1-4H2. The van der Waals surface area contributed by atoms with E-state index in [-0.39, 0.29) is 0 Å². The zero-order valence-electron chi connectivity index (χ0n) is 8.24. The van der Waals surface area contributed by atoms with Gasteiger partial charge in [-0.25, -0.2) is 4.98 Å². The Morgan fingerprint density at radius 2 is 2.20 bits per heavy atom. The van der Waals surface area contributed by atoms with Crippen LogP contribution in [0.15, 0.2) is 17.3 Å². The summed E-state index contributed by atoms with van der Waals surface area (Å²) in [5.41, 5.74) is 0.524. The van der Waals surface area contributed by atoms with E-state index in [4.69, 9.17) is 16.9 Å². The van der Waals surface area contributed by atoms with Crippen molar-refractivity contribution in [1.82, 2.24) is 4.98 Å². The van der Waals surface area contributed by atoms with Gasteiger partial charge in [0.05, 0.1) is 10.6 Å². The lowest BCUT2D eigenvalue weighted by Crippen LogP contribution is -1.95. The number of aromatic nitrogens is 1. The van der Waals surface area contributed by atoms with Gasteiger partial charge >= 0.3 is 0 Å². The van der Waals surface area contributed by atoms with Crippen molar-refractivity contribution in [2.45, 2.75) is 36.0 Å². The molecule has 0 amide bonds. The van der Waals surface area contributed by atoms with Crippen molar-refractivity contribution in [2.75, 3.05) is 0 Å². The smallest absolute Gasteiger partial charge is 0.115 e. The lowest BCUT2D eigenvalue weighted by atomic mass is 10.3. The van der Waals surface area contributed by atoms with Crippen molar-refractivity contribution < 1.29 is 0 Å². The van der Waals surface area contributed by atoms with E-state index in [9.17, 15) is 0 Å². The number of hydrogen-bond acceptors (Lipinski definition) is 3. The normalized spacial score (nSPS) is 16.5. The van der Waals surface area contributed by atoms with Crippen molar-refractivity contribution in [3.63, 3.8) is 0 Å². The van der Waals surface area contributed by atoms with Gasteiger partial charge in [-0.05, 0) is 18.9 Å². The van der Waals surface area contributed by atoms with E-state index in [2.05, 4.69) is 4.98 Å². The summed E-state index contributed by atoms with van der Waals surface area (Å²) in [6.45, 7) is 0. The van der Waals surface area contributed by atoms with Gasteiger partial charge in [0.2, 0.25) is 0 Å². The summed E-state index contributed by atoms with van der Waals surface area (Å²) in [6.07, 6.45) is 6.71. The molecule has 0 unspecified atom stereocenters. The maximum absolute atomic E-state index is 8.68. The third-order valence-electron chi connectivity index (χ3n) is 2.52. The maximum Gasteiger partial charge on any atom is 0.115 e. The van der Waals surface area contributed by atoms with Crippen LogP contribution in [0.4, 0.5) is 0 Å². The number of pyridine rings is 1. The highest BCUT2D eigenvalue weighted by molar-refractivity contribution is 8.00. The predicted octanol–water partition coefficient (Wildman–Crippen LogP) is 3.64. The van der Waals surface area contributed by atoms with Crippen LogP contribution in [0.5, 0.6) is 0 Å². The van der Waals surface area contributed by atoms with Gasteiger partial charge in [-0.2, -0.15) is 5.26 Å². The molecule has 0 aliphatic heterocycles. The van der Waals surface area contributed by atoms with Gasteiger partial charge in [0.15, 0.2) is 0 Å². The molecule has 0 saturated heterocycles. The zero-order valence-corrected chi connectivity index (χ0v) is 9.81.